The fourth-order valence-electron chi connectivity index (χ4n) is 2.14. The Bertz CT molecular complexity index is 829. The van der Waals surface area contributed by atoms with Gasteiger partial charge in [0.05, 0.1) is 5.02 Å². The molecule has 1 aromatic carbocycles. The lowest BCUT2D eigenvalue weighted by atomic mass is 10.1. The molecular formula is C14H10BrClFN3. The smallest absolute Gasteiger partial charge is 0.142 e. The molecule has 0 saturated heterocycles. The van der Waals surface area contributed by atoms with Crippen LogP contribution in [0.3, 0.4) is 0 Å². The fourth-order valence-corrected chi connectivity index (χ4v) is 2.87. The first-order chi connectivity index (χ1) is 9.47. The van der Waals surface area contributed by atoms with Gasteiger partial charge < -0.3 is 5.73 Å². The fraction of sp³-hybridized carbons (Fsp3) is 0.0714. The average Bonchev–Trinajstić information content (AvgIpc) is 2.71. The van der Waals surface area contributed by atoms with Crippen LogP contribution >= 0.6 is 27.5 Å². The Morgan fingerprint density at radius 2 is 2.10 bits per heavy atom. The maximum atomic E-state index is 13.2. The summed E-state index contributed by atoms with van der Waals surface area (Å²) in [5.74, 6) is 0.0313. The van der Waals surface area contributed by atoms with Crippen molar-refractivity contribution >= 4 is 39.0 Å². The summed E-state index contributed by atoms with van der Waals surface area (Å²) in [6, 6.07) is 6.41. The number of nitrogens with zero attached hydrogens (tertiary/aromatic N) is 2. The van der Waals surface area contributed by atoms with Crippen molar-refractivity contribution in [3.63, 3.8) is 0 Å². The van der Waals surface area contributed by atoms with Crippen LogP contribution in [0.25, 0.3) is 16.9 Å². The number of pyridine rings is 1. The molecule has 0 saturated carbocycles. The Balaban J connectivity index is 2.29. The SMILES string of the molecule is Cc1cc(Br)cn2c(N)c(-c3ccc(F)c(Cl)c3)nc12. The molecule has 2 aromatic heterocycles. The van der Waals surface area contributed by atoms with Crippen molar-refractivity contribution in [2.75, 3.05) is 5.73 Å². The second kappa shape index (κ2) is 4.75. The highest BCUT2D eigenvalue weighted by Crippen LogP contribution is 2.31. The van der Waals surface area contributed by atoms with E-state index in [1.165, 1.54) is 12.1 Å². The van der Waals surface area contributed by atoms with Gasteiger partial charge in [-0.05, 0) is 52.7 Å². The second-order valence-corrected chi connectivity index (χ2v) is 5.83. The van der Waals surface area contributed by atoms with Gasteiger partial charge in [0.1, 0.15) is 23.0 Å². The van der Waals surface area contributed by atoms with Gasteiger partial charge in [0.2, 0.25) is 0 Å². The van der Waals surface area contributed by atoms with Gasteiger partial charge >= 0.3 is 0 Å². The molecule has 0 bridgehead atoms. The largest absolute Gasteiger partial charge is 0.383 e. The first kappa shape index (κ1) is 13.4. The van der Waals surface area contributed by atoms with Crippen molar-refractivity contribution in [2.24, 2.45) is 0 Å². The first-order valence-electron chi connectivity index (χ1n) is 5.86. The molecule has 20 heavy (non-hydrogen) atoms. The van der Waals surface area contributed by atoms with E-state index >= 15 is 0 Å². The number of benzene rings is 1. The van der Waals surface area contributed by atoms with E-state index in [2.05, 4.69) is 20.9 Å². The topological polar surface area (TPSA) is 43.3 Å². The van der Waals surface area contributed by atoms with E-state index in [0.717, 1.165) is 15.7 Å². The van der Waals surface area contributed by atoms with Crippen LogP contribution in [0.15, 0.2) is 34.9 Å². The van der Waals surface area contributed by atoms with Crippen molar-refractivity contribution in [1.29, 1.82) is 0 Å². The summed E-state index contributed by atoms with van der Waals surface area (Å²) in [5, 5.41) is 0.0526. The minimum atomic E-state index is -0.461. The summed E-state index contributed by atoms with van der Waals surface area (Å²) in [4.78, 5) is 4.53. The van der Waals surface area contributed by atoms with Crippen LogP contribution < -0.4 is 5.73 Å². The Hall–Kier alpha value is -1.59. The molecule has 0 amide bonds. The highest BCUT2D eigenvalue weighted by atomic mass is 79.9. The number of anilines is 1. The summed E-state index contributed by atoms with van der Waals surface area (Å²) < 4.78 is 16.0. The van der Waals surface area contributed by atoms with E-state index in [4.69, 9.17) is 17.3 Å². The van der Waals surface area contributed by atoms with Gasteiger partial charge in [-0.2, -0.15) is 0 Å². The van der Waals surface area contributed by atoms with Crippen LogP contribution in [0.5, 0.6) is 0 Å². The number of aryl methyl sites for hydroxylation is 1. The summed E-state index contributed by atoms with van der Waals surface area (Å²) in [6.07, 6.45) is 1.85. The molecule has 2 N–H and O–H groups in total. The van der Waals surface area contributed by atoms with Crippen LogP contribution in [-0.2, 0) is 0 Å². The van der Waals surface area contributed by atoms with Crippen LogP contribution in [0.2, 0.25) is 5.02 Å². The zero-order valence-corrected chi connectivity index (χ0v) is 12.8. The number of hydrogen-bond donors (Lipinski definition) is 1. The molecule has 3 nitrogen and oxygen atoms in total. The Morgan fingerprint density at radius 1 is 1.35 bits per heavy atom. The standard InChI is InChI=1S/C14H10BrClFN3/c1-7-4-9(15)6-20-13(18)12(19-14(7)20)8-2-3-11(17)10(16)5-8/h2-6H,18H2,1H3. The molecule has 0 aliphatic carbocycles. The van der Waals surface area contributed by atoms with Gasteiger partial charge in [-0.3, -0.25) is 4.40 Å². The minimum Gasteiger partial charge on any atom is -0.383 e. The van der Waals surface area contributed by atoms with Crippen molar-refractivity contribution in [3.8, 4) is 11.3 Å². The molecule has 0 fully saturated rings. The van der Waals surface area contributed by atoms with Crippen LogP contribution in [0.4, 0.5) is 10.2 Å². The molecule has 0 aliphatic heterocycles. The molecule has 0 aliphatic rings. The number of aromatic nitrogens is 2. The van der Waals surface area contributed by atoms with Crippen LogP contribution in [-0.4, -0.2) is 9.38 Å². The van der Waals surface area contributed by atoms with E-state index < -0.39 is 5.82 Å². The van der Waals surface area contributed by atoms with Crippen molar-refractivity contribution in [2.45, 2.75) is 6.92 Å². The number of hydrogen-bond acceptors (Lipinski definition) is 2. The number of imidazole rings is 1. The van der Waals surface area contributed by atoms with E-state index in [-0.39, 0.29) is 5.02 Å². The lowest BCUT2D eigenvalue weighted by Gasteiger charge is -2.02. The van der Waals surface area contributed by atoms with Gasteiger partial charge in [-0.1, -0.05) is 11.6 Å². The Morgan fingerprint density at radius 3 is 2.80 bits per heavy atom. The monoisotopic (exact) mass is 353 g/mol. The predicted molar refractivity (Wildman–Crippen MR) is 82.4 cm³/mol. The van der Waals surface area contributed by atoms with Gasteiger partial charge in [-0.25, -0.2) is 9.37 Å². The van der Waals surface area contributed by atoms with Gasteiger partial charge in [0.25, 0.3) is 0 Å². The zero-order valence-electron chi connectivity index (χ0n) is 10.5. The summed E-state index contributed by atoms with van der Waals surface area (Å²) >= 11 is 9.24. The third-order valence-corrected chi connectivity index (χ3v) is 3.82. The van der Waals surface area contributed by atoms with E-state index in [1.807, 2.05) is 19.2 Å². The number of rotatable bonds is 1. The maximum Gasteiger partial charge on any atom is 0.142 e. The molecule has 0 atom stereocenters. The highest BCUT2D eigenvalue weighted by Gasteiger charge is 2.14. The quantitative estimate of drug-likeness (QED) is 0.702. The van der Waals surface area contributed by atoms with Crippen LogP contribution in [0.1, 0.15) is 5.56 Å². The second-order valence-electron chi connectivity index (χ2n) is 4.51. The van der Waals surface area contributed by atoms with E-state index in [1.54, 1.807) is 10.5 Å². The van der Waals surface area contributed by atoms with E-state index in [9.17, 15) is 4.39 Å². The molecule has 3 rings (SSSR count). The van der Waals surface area contributed by atoms with Gasteiger partial charge in [0.15, 0.2) is 0 Å². The average molecular weight is 355 g/mol. The summed E-state index contributed by atoms with van der Waals surface area (Å²) in [5.41, 5.74) is 9.17. The summed E-state index contributed by atoms with van der Waals surface area (Å²) in [6.45, 7) is 1.95. The number of nitrogens with two attached hydrogens (primary N) is 1. The van der Waals surface area contributed by atoms with Crippen molar-refractivity contribution in [1.82, 2.24) is 9.38 Å². The van der Waals surface area contributed by atoms with Gasteiger partial charge in [0, 0.05) is 16.2 Å². The molecular weight excluding hydrogens is 345 g/mol. The van der Waals surface area contributed by atoms with Crippen molar-refractivity contribution in [3.05, 3.63) is 51.3 Å². The summed E-state index contributed by atoms with van der Waals surface area (Å²) in [7, 11) is 0. The normalized spacial score (nSPS) is 11.2. The van der Waals surface area contributed by atoms with Crippen LogP contribution in [0, 0.1) is 12.7 Å². The zero-order chi connectivity index (χ0) is 14.4. The molecule has 0 radical (unpaired) electrons. The Labute approximate surface area is 128 Å². The van der Waals surface area contributed by atoms with E-state index in [0.29, 0.717) is 17.1 Å². The molecule has 2 heterocycles. The Kier molecular flexibility index (Phi) is 3.18. The highest BCUT2D eigenvalue weighted by molar-refractivity contribution is 9.10. The number of fused-ring (bicyclic) bond motifs is 1. The third kappa shape index (κ3) is 2.07. The lowest BCUT2D eigenvalue weighted by Crippen LogP contribution is -1.95. The predicted octanol–water partition coefficient (Wildman–Crippen LogP) is 4.45. The van der Waals surface area contributed by atoms with Crippen molar-refractivity contribution < 1.29 is 4.39 Å². The number of nitrogen functional groups attached to an aromatic ring is 1. The lowest BCUT2D eigenvalue weighted by molar-refractivity contribution is 0.628. The molecule has 3 aromatic rings. The first-order valence-corrected chi connectivity index (χ1v) is 7.03. The molecule has 6 heteroatoms. The molecule has 0 unspecified atom stereocenters. The minimum absolute atomic E-state index is 0.0526. The molecule has 102 valence electrons. The molecule has 0 spiro atoms. The van der Waals surface area contributed by atoms with Gasteiger partial charge in [-0.15, -0.1) is 0 Å². The third-order valence-electron chi connectivity index (χ3n) is 3.10. The number of halogens is 3. The maximum absolute atomic E-state index is 13.2.